The highest BCUT2D eigenvalue weighted by molar-refractivity contribution is 7.99. The number of nitrogens with zero attached hydrogens (tertiary/aromatic N) is 4. The van der Waals surface area contributed by atoms with Gasteiger partial charge in [0, 0.05) is 10.8 Å². The molecule has 0 fully saturated rings. The number of halogens is 1. The van der Waals surface area contributed by atoms with E-state index in [1.807, 2.05) is 37.3 Å². The zero-order valence-corrected chi connectivity index (χ0v) is 15.0. The van der Waals surface area contributed by atoms with Gasteiger partial charge in [-0.3, -0.25) is 0 Å². The molecule has 0 N–H and O–H groups in total. The first-order valence-electron chi connectivity index (χ1n) is 7.84. The Morgan fingerprint density at radius 2 is 1.84 bits per heavy atom. The standard InChI is InChI=1S/C18H15ClN4OS/c1-12(24-15-9-7-14(19)8-10-15)17-20-21-18-23(17)22-16(11-25-18)13-5-3-2-4-6-13/h2-10,12H,11H2,1H3/t12-/m1/s1. The Labute approximate surface area is 154 Å². The Morgan fingerprint density at radius 1 is 1.08 bits per heavy atom. The van der Waals surface area contributed by atoms with Crippen LogP contribution in [0.25, 0.3) is 0 Å². The van der Waals surface area contributed by atoms with Crippen LogP contribution in [0.5, 0.6) is 5.75 Å². The first-order valence-corrected chi connectivity index (χ1v) is 9.20. The summed E-state index contributed by atoms with van der Waals surface area (Å²) < 4.78 is 7.74. The number of rotatable bonds is 4. The predicted molar refractivity (Wildman–Crippen MR) is 99.6 cm³/mol. The van der Waals surface area contributed by atoms with Gasteiger partial charge in [0.25, 0.3) is 0 Å². The van der Waals surface area contributed by atoms with Crippen LogP contribution in [-0.2, 0) is 0 Å². The molecule has 0 saturated carbocycles. The number of benzene rings is 2. The van der Waals surface area contributed by atoms with Gasteiger partial charge in [-0.05, 0) is 36.8 Å². The van der Waals surface area contributed by atoms with Gasteiger partial charge in [0.2, 0.25) is 5.16 Å². The zero-order valence-electron chi connectivity index (χ0n) is 13.5. The lowest BCUT2D eigenvalue weighted by atomic mass is 10.1. The van der Waals surface area contributed by atoms with Gasteiger partial charge >= 0.3 is 0 Å². The summed E-state index contributed by atoms with van der Waals surface area (Å²) in [5, 5.41) is 14.7. The molecule has 1 atom stereocenters. The predicted octanol–water partition coefficient (Wildman–Crippen LogP) is 4.43. The third kappa shape index (κ3) is 3.41. The normalized spacial score (nSPS) is 14.6. The molecule has 3 aromatic rings. The smallest absolute Gasteiger partial charge is 0.212 e. The highest BCUT2D eigenvalue weighted by atomic mass is 35.5. The fraction of sp³-hybridized carbons (Fsp3) is 0.167. The van der Waals surface area contributed by atoms with Crippen molar-refractivity contribution in [3.8, 4) is 5.75 Å². The van der Waals surface area contributed by atoms with Gasteiger partial charge in [-0.25, -0.2) is 0 Å². The Hall–Kier alpha value is -2.31. The van der Waals surface area contributed by atoms with Crippen molar-refractivity contribution in [2.75, 3.05) is 5.75 Å². The summed E-state index contributed by atoms with van der Waals surface area (Å²) in [7, 11) is 0. The second-order valence-corrected chi connectivity index (χ2v) is 6.95. The first-order chi connectivity index (χ1) is 12.2. The minimum Gasteiger partial charge on any atom is -0.483 e. The van der Waals surface area contributed by atoms with Gasteiger partial charge in [0.05, 0.1) is 5.71 Å². The minimum absolute atomic E-state index is 0.290. The SMILES string of the molecule is C[C@@H](Oc1ccc(Cl)cc1)c1nnc2n1N=C(c1ccccc1)CS2. The van der Waals surface area contributed by atoms with Gasteiger partial charge in [0.1, 0.15) is 5.75 Å². The Bertz CT molecular complexity index is 909. The maximum atomic E-state index is 5.96. The summed E-state index contributed by atoms with van der Waals surface area (Å²) in [5.74, 6) is 2.17. The molecule has 0 amide bonds. The van der Waals surface area contributed by atoms with E-state index in [1.165, 1.54) is 0 Å². The second kappa shape index (κ2) is 6.90. The maximum absolute atomic E-state index is 5.96. The number of hydrogen-bond acceptors (Lipinski definition) is 5. The second-order valence-electron chi connectivity index (χ2n) is 5.57. The maximum Gasteiger partial charge on any atom is 0.212 e. The molecular formula is C18H15ClN4OS. The van der Waals surface area contributed by atoms with Crippen molar-refractivity contribution in [1.29, 1.82) is 0 Å². The highest BCUT2D eigenvalue weighted by Gasteiger charge is 2.23. The highest BCUT2D eigenvalue weighted by Crippen LogP contribution is 2.28. The van der Waals surface area contributed by atoms with Crippen LogP contribution in [0.15, 0.2) is 64.9 Å². The summed E-state index contributed by atoms with van der Waals surface area (Å²) >= 11 is 7.54. The van der Waals surface area contributed by atoms with Crippen LogP contribution in [0.4, 0.5) is 0 Å². The number of hydrogen-bond donors (Lipinski definition) is 0. The van der Waals surface area contributed by atoms with Crippen LogP contribution in [0.2, 0.25) is 5.02 Å². The Morgan fingerprint density at radius 3 is 2.60 bits per heavy atom. The van der Waals surface area contributed by atoms with Crippen molar-refractivity contribution in [3.63, 3.8) is 0 Å². The topological polar surface area (TPSA) is 52.3 Å². The molecule has 0 spiro atoms. The minimum atomic E-state index is -0.290. The third-order valence-electron chi connectivity index (χ3n) is 3.79. The fourth-order valence-corrected chi connectivity index (χ4v) is 3.51. The summed E-state index contributed by atoms with van der Waals surface area (Å²) in [6.07, 6.45) is -0.290. The molecule has 4 rings (SSSR count). The van der Waals surface area contributed by atoms with E-state index in [4.69, 9.17) is 21.4 Å². The molecule has 0 unspecified atom stereocenters. The van der Waals surface area contributed by atoms with Crippen LogP contribution in [0.1, 0.15) is 24.4 Å². The van der Waals surface area contributed by atoms with E-state index in [9.17, 15) is 0 Å². The summed E-state index contributed by atoms with van der Waals surface area (Å²) in [6, 6.07) is 17.4. The molecule has 0 radical (unpaired) electrons. The summed E-state index contributed by atoms with van der Waals surface area (Å²) in [4.78, 5) is 0. The summed E-state index contributed by atoms with van der Waals surface area (Å²) in [6.45, 7) is 1.93. The van der Waals surface area contributed by atoms with E-state index in [-0.39, 0.29) is 6.10 Å². The number of thioether (sulfide) groups is 1. The van der Waals surface area contributed by atoms with Crippen LogP contribution < -0.4 is 4.74 Å². The summed E-state index contributed by atoms with van der Waals surface area (Å²) in [5.41, 5.74) is 2.10. The van der Waals surface area contributed by atoms with Crippen molar-refractivity contribution >= 4 is 29.1 Å². The van der Waals surface area contributed by atoms with E-state index >= 15 is 0 Å². The average molecular weight is 371 g/mol. The van der Waals surface area contributed by atoms with Crippen molar-refractivity contribution in [1.82, 2.24) is 14.9 Å². The largest absolute Gasteiger partial charge is 0.483 e. The third-order valence-corrected chi connectivity index (χ3v) is 4.97. The molecule has 2 aromatic carbocycles. The van der Waals surface area contributed by atoms with Crippen molar-refractivity contribution in [2.24, 2.45) is 5.10 Å². The van der Waals surface area contributed by atoms with Crippen LogP contribution in [0.3, 0.4) is 0 Å². The van der Waals surface area contributed by atoms with E-state index < -0.39 is 0 Å². The van der Waals surface area contributed by atoms with Gasteiger partial charge in [-0.1, -0.05) is 53.7 Å². The van der Waals surface area contributed by atoms with Crippen LogP contribution in [-0.4, -0.2) is 26.3 Å². The Kier molecular flexibility index (Phi) is 4.46. The van der Waals surface area contributed by atoms with E-state index in [2.05, 4.69) is 22.3 Å². The molecule has 0 aliphatic carbocycles. The van der Waals surface area contributed by atoms with E-state index in [0.29, 0.717) is 10.8 Å². The molecule has 5 nitrogen and oxygen atoms in total. The molecule has 0 saturated heterocycles. The van der Waals surface area contributed by atoms with Crippen molar-refractivity contribution in [3.05, 3.63) is 71.0 Å². The quantitative estimate of drug-likeness (QED) is 0.681. The number of ether oxygens (including phenoxy) is 1. The average Bonchev–Trinajstić information content (AvgIpc) is 3.07. The number of aromatic nitrogens is 3. The van der Waals surface area contributed by atoms with Crippen LogP contribution >= 0.6 is 23.4 Å². The monoisotopic (exact) mass is 370 g/mol. The lowest BCUT2D eigenvalue weighted by Gasteiger charge is -2.17. The lowest BCUT2D eigenvalue weighted by Crippen LogP contribution is -2.17. The molecule has 7 heteroatoms. The van der Waals surface area contributed by atoms with E-state index in [0.717, 1.165) is 27.9 Å². The van der Waals surface area contributed by atoms with Gasteiger partial charge in [-0.15, -0.1) is 10.2 Å². The number of fused-ring (bicyclic) bond motifs is 1. The molecule has 1 aromatic heterocycles. The molecular weight excluding hydrogens is 356 g/mol. The zero-order chi connectivity index (χ0) is 17.2. The van der Waals surface area contributed by atoms with Crippen molar-refractivity contribution < 1.29 is 4.74 Å². The molecule has 25 heavy (non-hydrogen) atoms. The molecule has 126 valence electrons. The molecule has 2 heterocycles. The molecule has 0 bridgehead atoms. The fourth-order valence-electron chi connectivity index (χ4n) is 2.54. The van der Waals surface area contributed by atoms with Gasteiger partial charge < -0.3 is 4.74 Å². The van der Waals surface area contributed by atoms with E-state index in [1.54, 1.807) is 28.6 Å². The van der Waals surface area contributed by atoms with Crippen molar-refractivity contribution in [2.45, 2.75) is 18.2 Å². The first kappa shape index (κ1) is 16.2. The molecule has 1 aliphatic rings. The van der Waals surface area contributed by atoms with Gasteiger partial charge in [-0.2, -0.15) is 9.78 Å². The molecule has 1 aliphatic heterocycles. The Balaban J connectivity index is 1.62. The lowest BCUT2D eigenvalue weighted by molar-refractivity contribution is 0.211. The van der Waals surface area contributed by atoms with Crippen LogP contribution in [0, 0.1) is 0 Å². The van der Waals surface area contributed by atoms with Gasteiger partial charge in [0.15, 0.2) is 11.9 Å².